The number of hydrogen-bond donors (Lipinski definition) is 3. The van der Waals surface area contributed by atoms with E-state index in [-0.39, 0.29) is 5.56 Å². The van der Waals surface area contributed by atoms with Crippen molar-refractivity contribution in [1.82, 2.24) is 15.3 Å². The van der Waals surface area contributed by atoms with Gasteiger partial charge in [-0.1, -0.05) is 18.2 Å². The fourth-order valence-corrected chi connectivity index (χ4v) is 3.79. The van der Waals surface area contributed by atoms with Gasteiger partial charge in [-0.25, -0.2) is 9.37 Å². The Morgan fingerprint density at radius 2 is 1.93 bits per heavy atom. The molecule has 0 saturated carbocycles. The monoisotopic (exact) mass is 402 g/mol. The van der Waals surface area contributed by atoms with Crippen LogP contribution in [0.25, 0.3) is 22.4 Å². The molecule has 30 heavy (non-hydrogen) atoms. The molecule has 1 amide bonds. The van der Waals surface area contributed by atoms with Crippen molar-refractivity contribution in [3.8, 4) is 17.1 Å². The van der Waals surface area contributed by atoms with E-state index in [1.165, 1.54) is 17.7 Å². The van der Waals surface area contributed by atoms with Crippen molar-refractivity contribution in [2.75, 3.05) is 12.4 Å². The topological polar surface area (TPSA) is 79.0 Å². The van der Waals surface area contributed by atoms with Crippen LogP contribution in [0.2, 0.25) is 0 Å². The molecule has 0 fully saturated rings. The van der Waals surface area contributed by atoms with Crippen LogP contribution in [0.4, 0.5) is 10.1 Å². The summed E-state index contributed by atoms with van der Waals surface area (Å²) in [5.74, 6) is 0.213. The highest BCUT2D eigenvalue weighted by atomic mass is 19.1. The van der Waals surface area contributed by atoms with E-state index < -0.39 is 11.7 Å². The van der Waals surface area contributed by atoms with Gasteiger partial charge in [0.15, 0.2) is 0 Å². The number of fused-ring (bicyclic) bond motifs is 2. The molecular formula is C23H19FN4O2. The molecule has 0 spiro atoms. The van der Waals surface area contributed by atoms with Crippen molar-refractivity contribution < 1.29 is 13.9 Å². The molecule has 5 rings (SSSR count). The zero-order valence-corrected chi connectivity index (χ0v) is 16.3. The molecular weight excluding hydrogens is 383 g/mol. The third-order valence-corrected chi connectivity index (χ3v) is 5.25. The molecule has 6 nitrogen and oxygen atoms in total. The number of nitrogens with zero attached hydrogens (tertiary/aromatic N) is 1. The van der Waals surface area contributed by atoms with Gasteiger partial charge in [-0.05, 0) is 47.5 Å². The van der Waals surface area contributed by atoms with Gasteiger partial charge in [-0.2, -0.15) is 0 Å². The summed E-state index contributed by atoms with van der Waals surface area (Å²) in [6, 6.07) is 15.7. The van der Waals surface area contributed by atoms with Crippen LogP contribution in [0.1, 0.15) is 21.5 Å². The van der Waals surface area contributed by atoms with Crippen LogP contribution in [0, 0.1) is 5.82 Å². The Morgan fingerprint density at radius 1 is 1.10 bits per heavy atom. The molecule has 150 valence electrons. The van der Waals surface area contributed by atoms with E-state index in [2.05, 4.69) is 20.6 Å². The molecule has 1 aromatic heterocycles. The number of rotatable bonds is 4. The van der Waals surface area contributed by atoms with Crippen LogP contribution in [0.3, 0.4) is 0 Å². The summed E-state index contributed by atoms with van der Waals surface area (Å²) >= 11 is 0. The third kappa shape index (κ3) is 3.19. The Balaban J connectivity index is 1.54. The summed E-state index contributed by atoms with van der Waals surface area (Å²) in [4.78, 5) is 20.7. The van der Waals surface area contributed by atoms with Crippen LogP contribution in [0.15, 0.2) is 54.6 Å². The summed E-state index contributed by atoms with van der Waals surface area (Å²) < 4.78 is 19.7. The van der Waals surface area contributed by atoms with Crippen LogP contribution >= 0.6 is 0 Å². The van der Waals surface area contributed by atoms with Gasteiger partial charge in [-0.15, -0.1) is 0 Å². The molecule has 4 aromatic rings. The van der Waals surface area contributed by atoms with Gasteiger partial charge in [0.2, 0.25) is 0 Å². The van der Waals surface area contributed by atoms with Gasteiger partial charge in [0.1, 0.15) is 22.9 Å². The van der Waals surface area contributed by atoms with E-state index in [9.17, 15) is 9.18 Å². The minimum Gasteiger partial charge on any atom is -0.496 e. The number of benzene rings is 3. The van der Waals surface area contributed by atoms with Crippen LogP contribution in [-0.4, -0.2) is 23.0 Å². The highest BCUT2D eigenvalue weighted by Crippen LogP contribution is 2.30. The molecule has 0 atom stereocenters. The van der Waals surface area contributed by atoms with Crippen molar-refractivity contribution in [2.45, 2.75) is 13.1 Å². The Kier molecular flexibility index (Phi) is 4.44. The summed E-state index contributed by atoms with van der Waals surface area (Å²) in [6.07, 6.45) is 0. The number of nitrogens with one attached hydrogen (secondary N) is 3. The first kappa shape index (κ1) is 18.3. The maximum atomic E-state index is 14.3. The number of anilines is 1. The molecule has 7 heteroatoms. The predicted octanol–water partition coefficient (Wildman–Crippen LogP) is 4.23. The lowest BCUT2D eigenvalue weighted by Gasteiger charge is -2.08. The molecule has 0 aliphatic carbocycles. The van der Waals surface area contributed by atoms with Gasteiger partial charge in [0.25, 0.3) is 5.91 Å². The quantitative estimate of drug-likeness (QED) is 0.477. The second kappa shape index (κ2) is 7.27. The number of carbonyl (C=O) groups is 1. The van der Waals surface area contributed by atoms with Crippen LogP contribution < -0.4 is 15.4 Å². The number of para-hydroxylation sites is 1. The summed E-state index contributed by atoms with van der Waals surface area (Å²) in [5, 5.41) is 6.14. The maximum absolute atomic E-state index is 14.3. The smallest absolute Gasteiger partial charge is 0.258 e. The Morgan fingerprint density at radius 3 is 2.80 bits per heavy atom. The fraction of sp³-hybridized carbons (Fsp3) is 0.130. The van der Waals surface area contributed by atoms with E-state index in [1.807, 2.05) is 42.5 Å². The van der Waals surface area contributed by atoms with E-state index in [1.54, 1.807) is 7.11 Å². The lowest BCUT2D eigenvalue weighted by atomic mass is 10.1. The highest BCUT2D eigenvalue weighted by molar-refractivity contribution is 6.12. The molecule has 0 saturated heterocycles. The Labute approximate surface area is 172 Å². The van der Waals surface area contributed by atoms with Crippen molar-refractivity contribution in [2.24, 2.45) is 0 Å². The zero-order chi connectivity index (χ0) is 20.7. The van der Waals surface area contributed by atoms with Crippen molar-refractivity contribution in [3.63, 3.8) is 0 Å². The Hall–Kier alpha value is -3.71. The zero-order valence-electron chi connectivity index (χ0n) is 16.3. The van der Waals surface area contributed by atoms with Crippen molar-refractivity contribution in [3.05, 3.63) is 77.1 Å². The standard InChI is InChI=1S/C23H19FN4O2/c1-30-20-5-3-2-4-17(20)22-27-19-10-15(24)9-18(21(19)28-22)23(29)26-16-7-6-13-11-25-12-14(13)8-16/h2-10,25H,11-12H2,1H3,(H,26,29)(H,27,28). The van der Waals surface area contributed by atoms with Gasteiger partial charge in [0.05, 0.1) is 23.8 Å². The second-order valence-corrected chi connectivity index (χ2v) is 7.18. The predicted molar refractivity (Wildman–Crippen MR) is 113 cm³/mol. The molecule has 3 aromatic carbocycles. The number of carbonyl (C=O) groups excluding carboxylic acids is 1. The van der Waals surface area contributed by atoms with Gasteiger partial charge >= 0.3 is 0 Å². The normalized spacial score (nSPS) is 12.7. The summed E-state index contributed by atoms with van der Waals surface area (Å²) in [7, 11) is 1.58. The average Bonchev–Trinajstić information content (AvgIpc) is 3.39. The molecule has 0 bridgehead atoms. The van der Waals surface area contributed by atoms with Crippen LogP contribution in [-0.2, 0) is 13.1 Å². The molecule has 0 unspecified atom stereocenters. The number of imidazole rings is 1. The fourth-order valence-electron chi connectivity index (χ4n) is 3.79. The summed E-state index contributed by atoms with van der Waals surface area (Å²) in [6.45, 7) is 1.60. The SMILES string of the molecule is COc1ccccc1-c1nc2c(C(=O)Nc3ccc4c(c3)CNC4)cc(F)cc2[nH]1. The first-order valence-corrected chi connectivity index (χ1v) is 9.59. The summed E-state index contributed by atoms with van der Waals surface area (Å²) in [5.41, 5.74) is 4.78. The average molecular weight is 402 g/mol. The minimum atomic E-state index is -0.513. The number of aromatic nitrogens is 2. The minimum absolute atomic E-state index is 0.168. The molecule has 1 aliphatic rings. The van der Waals surface area contributed by atoms with E-state index in [0.717, 1.165) is 24.2 Å². The number of H-pyrrole nitrogens is 1. The highest BCUT2D eigenvalue weighted by Gasteiger charge is 2.19. The maximum Gasteiger partial charge on any atom is 0.258 e. The van der Waals surface area contributed by atoms with E-state index in [4.69, 9.17) is 4.74 Å². The lowest BCUT2D eigenvalue weighted by molar-refractivity contribution is 0.102. The number of methoxy groups -OCH3 is 1. The third-order valence-electron chi connectivity index (χ3n) is 5.25. The largest absolute Gasteiger partial charge is 0.496 e. The Bertz CT molecular complexity index is 1280. The molecule has 1 aliphatic heterocycles. The number of ether oxygens (including phenoxy) is 1. The number of hydrogen-bond acceptors (Lipinski definition) is 4. The van der Waals surface area contributed by atoms with Gasteiger partial charge < -0.3 is 20.4 Å². The molecule has 0 radical (unpaired) electrons. The number of halogens is 1. The van der Waals surface area contributed by atoms with E-state index in [0.29, 0.717) is 28.3 Å². The molecule has 3 N–H and O–H groups in total. The number of aromatic amines is 1. The first-order valence-electron chi connectivity index (χ1n) is 9.59. The van der Waals surface area contributed by atoms with Crippen LogP contribution in [0.5, 0.6) is 5.75 Å². The number of amides is 1. The molecule has 2 heterocycles. The van der Waals surface area contributed by atoms with Crippen molar-refractivity contribution >= 4 is 22.6 Å². The van der Waals surface area contributed by atoms with Gasteiger partial charge in [0, 0.05) is 18.8 Å². The second-order valence-electron chi connectivity index (χ2n) is 7.18. The van der Waals surface area contributed by atoms with Crippen molar-refractivity contribution in [1.29, 1.82) is 0 Å². The van der Waals surface area contributed by atoms with Gasteiger partial charge in [-0.3, -0.25) is 4.79 Å². The van der Waals surface area contributed by atoms with E-state index >= 15 is 0 Å². The lowest BCUT2D eigenvalue weighted by Crippen LogP contribution is -2.13. The first-order chi connectivity index (χ1) is 14.6.